The minimum atomic E-state index is 0.121. The lowest BCUT2D eigenvalue weighted by Gasteiger charge is -2.08. The standard InChI is InChI=1S/C17H16N2OS/c1-12-8-6-7-11-15(12)21-13(2)16-18-19-17(20-16)14-9-4-3-5-10-14/h3-11,13H,1-2H3. The van der Waals surface area contributed by atoms with Crippen LogP contribution in [0.4, 0.5) is 0 Å². The van der Waals surface area contributed by atoms with Crippen LogP contribution in [-0.4, -0.2) is 10.2 Å². The number of nitrogens with zero attached hydrogens (tertiary/aromatic N) is 2. The van der Waals surface area contributed by atoms with Crippen LogP contribution in [0, 0.1) is 6.92 Å². The fourth-order valence-corrected chi connectivity index (χ4v) is 3.01. The zero-order valence-corrected chi connectivity index (χ0v) is 12.8. The predicted molar refractivity (Wildman–Crippen MR) is 85.2 cm³/mol. The van der Waals surface area contributed by atoms with Crippen LogP contribution in [0.5, 0.6) is 0 Å². The van der Waals surface area contributed by atoms with Gasteiger partial charge in [0.15, 0.2) is 0 Å². The second-order valence-corrected chi connectivity index (χ2v) is 6.22. The van der Waals surface area contributed by atoms with Gasteiger partial charge >= 0.3 is 0 Å². The molecule has 1 heterocycles. The Bertz CT molecular complexity index is 724. The van der Waals surface area contributed by atoms with Crippen molar-refractivity contribution in [2.75, 3.05) is 0 Å². The third-order valence-electron chi connectivity index (χ3n) is 3.21. The number of hydrogen-bond donors (Lipinski definition) is 0. The molecule has 1 aromatic heterocycles. The largest absolute Gasteiger partial charge is 0.419 e. The zero-order valence-electron chi connectivity index (χ0n) is 12.0. The van der Waals surface area contributed by atoms with Crippen molar-refractivity contribution in [3.05, 3.63) is 66.1 Å². The van der Waals surface area contributed by atoms with Gasteiger partial charge in [0, 0.05) is 10.5 Å². The maximum Gasteiger partial charge on any atom is 0.247 e. The Kier molecular flexibility index (Phi) is 4.06. The Morgan fingerprint density at radius 2 is 1.67 bits per heavy atom. The highest BCUT2D eigenvalue weighted by atomic mass is 32.2. The summed E-state index contributed by atoms with van der Waals surface area (Å²) in [4.78, 5) is 1.24. The topological polar surface area (TPSA) is 38.9 Å². The van der Waals surface area contributed by atoms with E-state index in [4.69, 9.17) is 4.42 Å². The molecule has 0 aliphatic rings. The summed E-state index contributed by atoms with van der Waals surface area (Å²) in [7, 11) is 0. The molecule has 3 aromatic rings. The normalized spacial score (nSPS) is 12.3. The van der Waals surface area contributed by atoms with Crippen molar-refractivity contribution < 1.29 is 4.42 Å². The molecule has 1 atom stereocenters. The van der Waals surface area contributed by atoms with Gasteiger partial charge in [0.1, 0.15) is 0 Å². The van der Waals surface area contributed by atoms with E-state index in [1.54, 1.807) is 11.8 Å². The zero-order chi connectivity index (χ0) is 14.7. The average molecular weight is 296 g/mol. The second-order valence-electron chi connectivity index (χ2n) is 4.84. The quantitative estimate of drug-likeness (QED) is 0.642. The molecule has 0 amide bonds. The minimum Gasteiger partial charge on any atom is -0.419 e. The van der Waals surface area contributed by atoms with Gasteiger partial charge in [-0.3, -0.25) is 0 Å². The lowest BCUT2D eigenvalue weighted by atomic mass is 10.2. The first-order valence-corrected chi connectivity index (χ1v) is 7.73. The lowest BCUT2D eigenvalue weighted by molar-refractivity contribution is 0.509. The Balaban J connectivity index is 1.79. The molecule has 21 heavy (non-hydrogen) atoms. The number of hydrogen-bond acceptors (Lipinski definition) is 4. The van der Waals surface area contributed by atoms with Crippen LogP contribution in [0.3, 0.4) is 0 Å². The summed E-state index contributed by atoms with van der Waals surface area (Å²) in [6.07, 6.45) is 0. The second kappa shape index (κ2) is 6.14. The van der Waals surface area contributed by atoms with Crippen molar-refractivity contribution >= 4 is 11.8 Å². The molecule has 1 unspecified atom stereocenters. The van der Waals surface area contributed by atoms with Crippen LogP contribution in [0.25, 0.3) is 11.5 Å². The van der Waals surface area contributed by atoms with Gasteiger partial charge < -0.3 is 4.42 Å². The summed E-state index contributed by atoms with van der Waals surface area (Å²) in [5.41, 5.74) is 2.21. The Hall–Kier alpha value is -2.07. The van der Waals surface area contributed by atoms with Crippen molar-refractivity contribution in [3.63, 3.8) is 0 Å². The number of aryl methyl sites for hydroxylation is 1. The monoisotopic (exact) mass is 296 g/mol. The van der Waals surface area contributed by atoms with Gasteiger partial charge in [-0.25, -0.2) is 0 Å². The molecule has 0 spiro atoms. The van der Waals surface area contributed by atoms with Crippen molar-refractivity contribution in [1.29, 1.82) is 0 Å². The minimum absolute atomic E-state index is 0.121. The summed E-state index contributed by atoms with van der Waals surface area (Å²) in [6, 6.07) is 18.2. The van der Waals surface area contributed by atoms with Gasteiger partial charge in [0.05, 0.1) is 5.25 Å². The van der Waals surface area contributed by atoms with E-state index in [0.29, 0.717) is 11.8 Å². The van der Waals surface area contributed by atoms with Crippen LogP contribution in [-0.2, 0) is 0 Å². The van der Waals surface area contributed by atoms with E-state index in [1.165, 1.54) is 10.5 Å². The van der Waals surface area contributed by atoms with E-state index >= 15 is 0 Å². The van der Waals surface area contributed by atoms with E-state index in [2.05, 4.69) is 36.2 Å². The van der Waals surface area contributed by atoms with Gasteiger partial charge in [0.25, 0.3) is 0 Å². The highest BCUT2D eigenvalue weighted by molar-refractivity contribution is 7.99. The van der Waals surface area contributed by atoms with E-state index in [-0.39, 0.29) is 5.25 Å². The number of thioether (sulfide) groups is 1. The van der Waals surface area contributed by atoms with Crippen molar-refractivity contribution in [2.24, 2.45) is 0 Å². The van der Waals surface area contributed by atoms with Gasteiger partial charge in [-0.15, -0.1) is 22.0 Å². The molecule has 0 fully saturated rings. The molecule has 0 radical (unpaired) electrons. The van der Waals surface area contributed by atoms with Gasteiger partial charge in [0.2, 0.25) is 11.8 Å². The molecule has 2 aromatic carbocycles. The molecule has 4 heteroatoms. The average Bonchev–Trinajstić information content (AvgIpc) is 3.00. The molecule has 0 saturated carbocycles. The number of rotatable bonds is 4. The van der Waals surface area contributed by atoms with Crippen molar-refractivity contribution in [1.82, 2.24) is 10.2 Å². The molecule has 0 aliphatic heterocycles. The maximum absolute atomic E-state index is 5.80. The molecule has 0 bridgehead atoms. The summed E-state index contributed by atoms with van der Waals surface area (Å²) in [5.74, 6) is 1.23. The van der Waals surface area contributed by atoms with Crippen LogP contribution in [0.2, 0.25) is 0 Å². The van der Waals surface area contributed by atoms with Crippen molar-refractivity contribution in [3.8, 4) is 11.5 Å². The molecule has 3 nitrogen and oxygen atoms in total. The predicted octanol–water partition coefficient (Wildman–Crippen LogP) is 4.90. The van der Waals surface area contributed by atoms with Gasteiger partial charge in [-0.2, -0.15) is 0 Å². The molecular formula is C17H16N2OS. The summed E-state index contributed by atoms with van der Waals surface area (Å²) in [5, 5.41) is 8.44. The molecular weight excluding hydrogens is 280 g/mol. The van der Waals surface area contributed by atoms with E-state index in [9.17, 15) is 0 Å². The van der Waals surface area contributed by atoms with Crippen LogP contribution >= 0.6 is 11.8 Å². The molecule has 0 saturated heterocycles. The molecule has 0 N–H and O–H groups in total. The fraction of sp³-hybridized carbons (Fsp3) is 0.176. The van der Waals surface area contributed by atoms with Crippen LogP contribution < -0.4 is 0 Å². The number of aromatic nitrogens is 2. The maximum atomic E-state index is 5.80. The Labute approximate surface area is 128 Å². The van der Waals surface area contributed by atoms with E-state index in [1.807, 2.05) is 42.5 Å². The number of benzene rings is 2. The molecule has 3 rings (SSSR count). The third kappa shape index (κ3) is 3.16. The van der Waals surface area contributed by atoms with Crippen molar-refractivity contribution in [2.45, 2.75) is 24.0 Å². The summed E-state index contributed by atoms with van der Waals surface area (Å²) in [6.45, 7) is 4.19. The smallest absolute Gasteiger partial charge is 0.247 e. The Morgan fingerprint density at radius 1 is 0.952 bits per heavy atom. The Morgan fingerprint density at radius 3 is 2.43 bits per heavy atom. The molecule has 0 aliphatic carbocycles. The summed E-state index contributed by atoms with van der Waals surface area (Å²) >= 11 is 1.74. The third-order valence-corrected chi connectivity index (χ3v) is 4.47. The van der Waals surface area contributed by atoms with Gasteiger partial charge in [-0.1, -0.05) is 36.4 Å². The first-order valence-electron chi connectivity index (χ1n) is 6.85. The van der Waals surface area contributed by atoms with E-state index in [0.717, 1.165) is 5.56 Å². The SMILES string of the molecule is Cc1ccccc1SC(C)c1nnc(-c2ccccc2)o1. The molecule has 106 valence electrons. The van der Waals surface area contributed by atoms with Crippen LogP contribution in [0.1, 0.15) is 23.6 Å². The first kappa shape index (κ1) is 13.9. The highest BCUT2D eigenvalue weighted by Gasteiger charge is 2.16. The lowest BCUT2D eigenvalue weighted by Crippen LogP contribution is -1.89. The van der Waals surface area contributed by atoms with Gasteiger partial charge in [-0.05, 0) is 37.6 Å². The fourth-order valence-electron chi connectivity index (χ4n) is 2.03. The van der Waals surface area contributed by atoms with E-state index < -0.39 is 0 Å². The highest BCUT2D eigenvalue weighted by Crippen LogP contribution is 2.36. The summed E-state index contributed by atoms with van der Waals surface area (Å²) < 4.78 is 5.80. The first-order chi connectivity index (χ1) is 10.2. The van der Waals surface area contributed by atoms with Crippen LogP contribution in [0.15, 0.2) is 63.9 Å².